The summed E-state index contributed by atoms with van der Waals surface area (Å²) in [5, 5.41) is 0. The van der Waals surface area contributed by atoms with Crippen molar-refractivity contribution < 1.29 is 13.9 Å². The van der Waals surface area contributed by atoms with Crippen LogP contribution in [0.1, 0.15) is 11.3 Å². The summed E-state index contributed by atoms with van der Waals surface area (Å²) in [5.74, 6) is 0.673. The van der Waals surface area contributed by atoms with Gasteiger partial charge in [-0.25, -0.2) is 4.98 Å². The quantitative estimate of drug-likeness (QED) is 0.713. The number of aryl methyl sites for hydroxylation is 1. The number of hydrogen-bond acceptors (Lipinski definition) is 5. The minimum Gasteiger partial charge on any atom is -0.444 e. The summed E-state index contributed by atoms with van der Waals surface area (Å²) in [5.41, 5.74) is 3.12. The SMILES string of the molecule is COCCN(CCOC)Cc1coc(-c2ccccc2C)n1. The van der Waals surface area contributed by atoms with Crippen LogP contribution in [0.2, 0.25) is 0 Å². The smallest absolute Gasteiger partial charge is 0.226 e. The van der Waals surface area contributed by atoms with Crippen LogP contribution in [-0.4, -0.2) is 50.4 Å². The van der Waals surface area contributed by atoms with Crippen molar-refractivity contribution >= 4 is 0 Å². The number of ether oxygens (including phenoxy) is 2. The van der Waals surface area contributed by atoms with E-state index in [1.807, 2.05) is 18.2 Å². The van der Waals surface area contributed by atoms with Crippen LogP contribution in [0.15, 0.2) is 34.9 Å². The number of rotatable bonds is 9. The Bertz CT molecular complexity index is 561. The molecule has 0 radical (unpaired) electrons. The summed E-state index contributed by atoms with van der Waals surface area (Å²) in [6.45, 7) is 5.84. The Kier molecular flexibility index (Phi) is 6.58. The molecule has 0 saturated heterocycles. The molecule has 0 atom stereocenters. The van der Waals surface area contributed by atoms with E-state index in [0.29, 0.717) is 19.1 Å². The van der Waals surface area contributed by atoms with Crippen molar-refractivity contribution in [1.82, 2.24) is 9.88 Å². The second kappa shape index (κ2) is 8.68. The van der Waals surface area contributed by atoms with Crippen molar-refractivity contribution in [2.45, 2.75) is 13.5 Å². The third-order valence-electron chi connectivity index (χ3n) is 3.54. The van der Waals surface area contributed by atoms with E-state index >= 15 is 0 Å². The molecule has 0 aliphatic carbocycles. The molecule has 5 nitrogen and oxygen atoms in total. The van der Waals surface area contributed by atoms with Crippen LogP contribution >= 0.6 is 0 Å². The molecule has 1 aromatic heterocycles. The Morgan fingerprint density at radius 3 is 2.41 bits per heavy atom. The van der Waals surface area contributed by atoms with Gasteiger partial charge in [-0.3, -0.25) is 4.90 Å². The summed E-state index contributed by atoms with van der Waals surface area (Å²) < 4.78 is 15.9. The summed E-state index contributed by atoms with van der Waals surface area (Å²) in [6, 6.07) is 8.09. The van der Waals surface area contributed by atoms with Gasteiger partial charge in [0, 0.05) is 39.4 Å². The zero-order valence-corrected chi connectivity index (χ0v) is 13.5. The van der Waals surface area contributed by atoms with E-state index in [4.69, 9.17) is 13.9 Å². The van der Waals surface area contributed by atoms with Crippen molar-refractivity contribution in [1.29, 1.82) is 0 Å². The first-order valence-corrected chi connectivity index (χ1v) is 7.45. The van der Waals surface area contributed by atoms with E-state index < -0.39 is 0 Å². The topological polar surface area (TPSA) is 47.7 Å². The zero-order chi connectivity index (χ0) is 15.8. The lowest BCUT2D eigenvalue weighted by molar-refractivity contribution is 0.109. The minimum atomic E-state index is 0.673. The predicted molar refractivity (Wildman–Crippen MR) is 85.7 cm³/mol. The van der Waals surface area contributed by atoms with E-state index in [-0.39, 0.29) is 0 Å². The molecule has 0 aliphatic heterocycles. The van der Waals surface area contributed by atoms with Gasteiger partial charge in [0.25, 0.3) is 0 Å². The number of hydrogen-bond donors (Lipinski definition) is 0. The Labute approximate surface area is 131 Å². The summed E-state index contributed by atoms with van der Waals surface area (Å²) in [4.78, 5) is 6.85. The third-order valence-corrected chi connectivity index (χ3v) is 3.54. The average molecular weight is 304 g/mol. The molecule has 2 rings (SSSR count). The number of aromatic nitrogens is 1. The molecule has 5 heteroatoms. The average Bonchev–Trinajstić information content (AvgIpc) is 2.98. The van der Waals surface area contributed by atoms with Crippen molar-refractivity contribution in [3.63, 3.8) is 0 Å². The van der Waals surface area contributed by atoms with Gasteiger partial charge < -0.3 is 13.9 Å². The second-order valence-corrected chi connectivity index (χ2v) is 5.22. The lowest BCUT2D eigenvalue weighted by atomic mass is 10.1. The highest BCUT2D eigenvalue weighted by Crippen LogP contribution is 2.22. The first kappa shape index (κ1) is 16.7. The van der Waals surface area contributed by atoms with Gasteiger partial charge in [-0.05, 0) is 18.6 Å². The highest BCUT2D eigenvalue weighted by atomic mass is 16.5. The first-order valence-electron chi connectivity index (χ1n) is 7.45. The van der Waals surface area contributed by atoms with Crippen LogP contribution in [0.4, 0.5) is 0 Å². The molecule has 1 heterocycles. The Morgan fingerprint density at radius 1 is 1.09 bits per heavy atom. The van der Waals surface area contributed by atoms with Gasteiger partial charge in [0.2, 0.25) is 5.89 Å². The molecule has 0 fully saturated rings. The monoisotopic (exact) mass is 304 g/mol. The fourth-order valence-corrected chi connectivity index (χ4v) is 2.26. The van der Waals surface area contributed by atoms with Crippen LogP contribution in [0.5, 0.6) is 0 Å². The lowest BCUT2D eigenvalue weighted by Gasteiger charge is -2.20. The van der Waals surface area contributed by atoms with Gasteiger partial charge in [0.15, 0.2) is 0 Å². The van der Waals surface area contributed by atoms with Gasteiger partial charge in [-0.15, -0.1) is 0 Å². The van der Waals surface area contributed by atoms with Crippen LogP contribution in [0, 0.1) is 6.92 Å². The molecular formula is C17H24N2O3. The Morgan fingerprint density at radius 2 is 1.77 bits per heavy atom. The van der Waals surface area contributed by atoms with Crippen molar-refractivity contribution in [3.8, 4) is 11.5 Å². The molecule has 0 spiro atoms. The number of benzene rings is 1. The lowest BCUT2D eigenvalue weighted by Crippen LogP contribution is -2.30. The molecule has 120 valence electrons. The van der Waals surface area contributed by atoms with E-state index in [1.165, 1.54) is 0 Å². The van der Waals surface area contributed by atoms with Gasteiger partial charge >= 0.3 is 0 Å². The Balaban J connectivity index is 2.04. The van der Waals surface area contributed by atoms with Crippen LogP contribution in [0.25, 0.3) is 11.5 Å². The highest BCUT2D eigenvalue weighted by molar-refractivity contribution is 5.58. The summed E-state index contributed by atoms with van der Waals surface area (Å²) >= 11 is 0. The summed E-state index contributed by atoms with van der Waals surface area (Å²) in [7, 11) is 3.42. The van der Waals surface area contributed by atoms with E-state index in [0.717, 1.165) is 36.5 Å². The zero-order valence-electron chi connectivity index (χ0n) is 13.5. The van der Waals surface area contributed by atoms with Gasteiger partial charge in [0.05, 0.1) is 18.9 Å². The van der Waals surface area contributed by atoms with Crippen LogP contribution in [-0.2, 0) is 16.0 Å². The minimum absolute atomic E-state index is 0.673. The second-order valence-electron chi connectivity index (χ2n) is 5.22. The molecule has 2 aromatic rings. The van der Waals surface area contributed by atoms with E-state index in [1.54, 1.807) is 20.5 Å². The number of oxazole rings is 1. The molecule has 0 saturated carbocycles. The predicted octanol–water partition coefficient (Wildman–Crippen LogP) is 2.74. The third kappa shape index (κ3) is 4.66. The van der Waals surface area contributed by atoms with Crippen molar-refractivity contribution in [2.75, 3.05) is 40.5 Å². The van der Waals surface area contributed by atoms with Crippen molar-refractivity contribution in [2.24, 2.45) is 0 Å². The fraction of sp³-hybridized carbons (Fsp3) is 0.471. The maximum atomic E-state index is 5.64. The first-order chi connectivity index (χ1) is 10.7. The van der Waals surface area contributed by atoms with E-state index in [9.17, 15) is 0 Å². The standard InChI is InChI=1S/C17H24N2O3/c1-14-6-4-5-7-16(14)17-18-15(13-22-17)12-19(8-10-20-2)9-11-21-3/h4-7,13H,8-12H2,1-3H3. The number of nitrogens with zero attached hydrogens (tertiary/aromatic N) is 2. The van der Waals surface area contributed by atoms with E-state index in [2.05, 4.69) is 22.9 Å². The number of methoxy groups -OCH3 is 2. The van der Waals surface area contributed by atoms with Gasteiger partial charge in [-0.2, -0.15) is 0 Å². The Hall–Kier alpha value is -1.69. The fourth-order valence-electron chi connectivity index (χ4n) is 2.26. The van der Waals surface area contributed by atoms with Crippen molar-refractivity contribution in [3.05, 3.63) is 41.8 Å². The molecule has 0 N–H and O–H groups in total. The van der Waals surface area contributed by atoms with Crippen LogP contribution < -0.4 is 0 Å². The molecule has 0 aliphatic rings. The highest BCUT2D eigenvalue weighted by Gasteiger charge is 2.12. The molecule has 0 bridgehead atoms. The molecular weight excluding hydrogens is 280 g/mol. The van der Waals surface area contributed by atoms with Crippen LogP contribution in [0.3, 0.4) is 0 Å². The molecule has 0 amide bonds. The van der Waals surface area contributed by atoms with Gasteiger partial charge in [-0.1, -0.05) is 18.2 Å². The molecule has 22 heavy (non-hydrogen) atoms. The summed E-state index contributed by atoms with van der Waals surface area (Å²) in [6.07, 6.45) is 1.73. The maximum absolute atomic E-state index is 5.64. The van der Waals surface area contributed by atoms with Gasteiger partial charge in [0.1, 0.15) is 6.26 Å². The molecule has 1 aromatic carbocycles. The maximum Gasteiger partial charge on any atom is 0.226 e. The molecule has 0 unspecified atom stereocenters. The normalized spacial score (nSPS) is 11.3. The largest absolute Gasteiger partial charge is 0.444 e.